The monoisotopic (exact) mass is 290 g/mol. The second kappa shape index (κ2) is 9.55. The number of hydrogen-bond donors (Lipinski definition) is 0. The van der Waals surface area contributed by atoms with Crippen molar-refractivity contribution >= 4 is 12.1 Å². The Balaban J connectivity index is 4.40. The first-order valence-corrected chi connectivity index (χ1v) is 6.71. The van der Waals surface area contributed by atoms with Gasteiger partial charge in [0.15, 0.2) is 0 Å². The van der Waals surface area contributed by atoms with Gasteiger partial charge in [-0.2, -0.15) is 5.06 Å². The summed E-state index contributed by atoms with van der Waals surface area (Å²) in [5.74, 6) is -0.628. The van der Waals surface area contributed by atoms with Gasteiger partial charge in [0.25, 0.3) is 0 Å². The lowest BCUT2D eigenvalue weighted by Crippen LogP contribution is -2.39. The predicted octanol–water partition coefficient (Wildman–Crippen LogP) is 1.27. The van der Waals surface area contributed by atoms with E-state index in [2.05, 4.69) is 0 Å². The van der Waals surface area contributed by atoms with Crippen molar-refractivity contribution in [1.82, 2.24) is 5.06 Å². The number of carbonyl (C=O) groups excluding carboxylic acids is 2. The van der Waals surface area contributed by atoms with Crippen LogP contribution in [0.1, 0.15) is 41.0 Å². The SMILES string of the molecule is CCC(C)CN(OC[O-])C(=O)O[C@H](C)OC(=O)C(C)C. The standard InChI is InChI=1S/C13H24NO6/c1-6-10(4)7-14(18-8-15)13(17)20-11(5)19-12(16)9(2)3/h9-11H,6-8H2,1-5H3/q-1/t10?,11-/m1/s1. The van der Waals surface area contributed by atoms with Gasteiger partial charge < -0.3 is 14.6 Å². The molecule has 0 radical (unpaired) electrons. The first-order valence-electron chi connectivity index (χ1n) is 6.71. The van der Waals surface area contributed by atoms with Crippen LogP contribution >= 0.6 is 0 Å². The van der Waals surface area contributed by atoms with Crippen LogP contribution < -0.4 is 5.11 Å². The summed E-state index contributed by atoms with van der Waals surface area (Å²) in [4.78, 5) is 27.8. The summed E-state index contributed by atoms with van der Waals surface area (Å²) in [5.41, 5.74) is 0. The molecule has 0 aliphatic rings. The third-order valence-electron chi connectivity index (χ3n) is 2.61. The normalized spacial score (nSPS) is 13.8. The van der Waals surface area contributed by atoms with Crippen LogP contribution in [0.4, 0.5) is 4.79 Å². The third kappa shape index (κ3) is 7.30. The maximum absolute atomic E-state index is 11.8. The highest BCUT2D eigenvalue weighted by Gasteiger charge is 2.22. The summed E-state index contributed by atoms with van der Waals surface area (Å²) in [6.07, 6.45) is -1.05. The van der Waals surface area contributed by atoms with E-state index < -0.39 is 25.1 Å². The van der Waals surface area contributed by atoms with Crippen molar-refractivity contribution < 1.29 is 29.0 Å². The number of nitrogens with zero attached hydrogens (tertiary/aromatic N) is 1. The van der Waals surface area contributed by atoms with E-state index >= 15 is 0 Å². The van der Waals surface area contributed by atoms with Crippen LogP contribution in [-0.2, 0) is 19.1 Å². The molecule has 0 spiro atoms. The fourth-order valence-electron chi connectivity index (χ4n) is 1.18. The molecule has 0 aromatic rings. The number of ether oxygens (including phenoxy) is 2. The Hall–Kier alpha value is -1.34. The van der Waals surface area contributed by atoms with Crippen molar-refractivity contribution in [3.05, 3.63) is 0 Å². The Morgan fingerprint density at radius 2 is 1.75 bits per heavy atom. The van der Waals surface area contributed by atoms with Gasteiger partial charge in [0.2, 0.25) is 6.29 Å². The van der Waals surface area contributed by atoms with Gasteiger partial charge in [-0.15, -0.1) is 0 Å². The second-order valence-electron chi connectivity index (χ2n) is 4.86. The van der Waals surface area contributed by atoms with Gasteiger partial charge in [-0.1, -0.05) is 34.1 Å². The van der Waals surface area contributed by atoms with Gasteiger partial charge in [0.1, 0.15) is 0 Å². The van der Waals surface area contributed by atoms with E-state index in [0.29, 0.717) is 0 Å². The molecule has 2 atom stereocenters. The van der Waals surface area contributed by atoms with Crippen molar-refractivity contribution in [2.45, 2.75) is 47.3 Å². The van der Waals surface area contributed by atoms with Crippen LogP contribution in [0.25, 0.3) is 0 Å². The molecule has 1 amide bonds. The maximum Gasteiger partial charge on any atom is 0.436 e. The van der Waals surface area contributed by atoms with E-state index in [4.69, 9.17) is 14.3 Å². The van der Waals surface area contributed by atoms with E-state index in [1.807, 2.05) is 13.8 Å². The molecule has 0 heterocycles. The van der Waals surface area contributed by atoms with E-state index in [9.17, 15) is 14.7 Å². The molecular weight excluding hydrogens is 266 g/mol. The van der Waals surface area contributed by atoms with Gasteiger partial charge in [0.05, 0.1) is 12.5 Å². The Morgan fingerprint density at radius 3 is 2.20 bits per heavy atom. The van der Waals surface area contributed by atoms with Gasteiger partial charge >= 0.3 is 12.1 Å². The molecular formula is C13H24NO6-. The second-order valence-corrected chi connectivity index (χ2v) is 4.86. The zero-order chi connectivity index (χ0) is 15.7. The minimum absolute atomic E-state index is 0.155. The quantitative estimate of drug-likeness (QED) is 0.380. The summed E-state index contributed by atoms with van der Waals surface area (Å²) >= 11 is 0. The Morgan fingerprint density at radius 1 is 1.15 bits per heavy atom. The lowest BCUT2D eigenvalue weighted by atomic mass is 10.1. The average molecular weight is 290 g/mol. The lowest BCUT2D eigenvalue weighted by molar-refractivity contribution is -0.461. The molecule has 0 N–H and O–H groups in total. The van der Waals surface area contributed by atoms with Crippen molar-refractivity contribution in [2.75, 3.05) is 13.3 Å². The van der Waals surface area contributed by atoms with Crippen LogP contribution in [0.2, 0.25) is 0 Å². The van der Waals surface area contributed by atoms with Crippen molar-refractivity contribution in [2.24, 2.45) is 11.8 Å². The van der Waals surface area contributed by atoms with E-state index in [1.165, 1.54) is 6.92 Å². The highest BCUT2D eigenvalue weighted by atomic mass is 16.8. The molecule has 0 aliphatic carbocycles. The molecule has 0 fully saturated rings. The molecule has 118 valence electrons. The number of rotatable bonds is 8. The molecule has 7 heteroatoms. The minimum atomic E-state index is -1.04. The zero-order valence-electron chi connectivity index (χ0n) is 12.8. The minimum Gasteiger partial charge on any atom is -0.832 e. The first-order chi connectivity index (χ1) is 9.31. The summed E-state index contributed by atoms with van der Waals surface area (Å²) in [6.45, 7) is 8.00. The smallest absolute Gasteiger partial charge is 0.436 e. The number of hydroxylamine groups is 2. The van der Waals surface area contributed by atoms with Crippen LogP contribution in [0.15, 0.2) is 0 Å². The van der Waals surface area contributed by atoms with E-state index in [1.54, 1.807) is 13.8 Å². The predicted molar refractivity (Wildman–Crippen MR) is 69.0 cm³/mol. The lowest BCUT2D eigenvalue weighted by Gasteiger charge is -2.26. The number of carbonyl (C=O) groups is 2. The topological polar surface area (TPSA) is 88.1 Å². The van der Waals surface area contributed by atoms with Gasteiger partial charge in [-0.25, -0.2) is 4.79 Å². The Labute approximate surface area is 119 Å². The largest absolute Gasteiger partial charge is 0.832 e. The van der Waals surface area contributed by atoms with Gasteiger partial charge in [-0.05, 0) is 12.7 Å². The molecule has 0 aliphatic heterocycles. The summed E-state index contributed by atoms with van der Waals surface area (Å²) in [6, 6.07) is 0. The van der Waals surface area contributed by atoms with Crippen LogP contribution in [-0.4, -0.2) is 36.8 Å². The highest BCUT2D eigenvalue weighted by Crippen LogP contribution is 2.09. The molecule has 0 rings (SSSR count). The molecule has 20 heavy (non-hydrogen) atoms. The van der Waals surface area contributed by atoms with Crippen molar-refractivity contribution in [1.29, 1.82) is 0 Å². The number of esters is 1. The van der Waals surface area contributed by atoms with Crippen molar-refractivity contribution in [3.63, 3.8) is 0 Å². The Kier molecular flexibility index (Phi) is 8.91. The molecule has 0 aromatic carbocycles. The average Bonchev–Trinajstić information content (AvgIpc) is 2.37. The van der Waals surface area contributed by atoms with Crippen molar-refractivity contribution in [3.8, 4) is 0 Å². The van der Waals surface area contributed by atoms with E-state index in [0.717, 1.165) is 11.5 Å². The highest BCUT2D eigenvalue weighted by molar-refractivity contribution is 5.72. The van der Waals surface area contributed by atoms with E-state index in [-0.39, 0.29) is 18.4 Å². The maximum atomic E-state index is 11.8. The molecule has 1 unspecified atom stereocenters. The first kappa shape index (κ1) is 18.7. The summed E-state index contributed by atoms with van der Waals surface area (Å²) in [5, 5.41) is 11.4. The molecule has 0 saturated carbocycles. The molecule has 0 aromatic heterocycles. The number of amides is 1. The fourth-order valence-corrected chi connectivity index (χ4v) is 1.18. The van der Waals surface area contributed by atoms with Crippen LogP contribution in [0.5, 0.6) is 0 Å². The van der Waals surface area contributed by atoms with Crippen LogP contribution in [0.3, 0.4) is 0 Å². The van der Waals surface area contributed by atoms with Gasteiger partial charge in [0, 0.05) is 6.92 Å². The zero-order valence-corrected chi connectivity index (χ0v) is 12.8. The number of hydrogen-bond acceptors (Lipinski definition) is 6. The fraction of sp³-hybridized carbons (Fsp3) is 0.846. The van der Waals surface area contributed by atoms with Crippen LogP contribution in [0, 0.1) is 11.8 Å². The Bertz CT molecular complexity index is 307. The molecule has 0 bridgehead atoms. The van der Waals surface area contributed by atoms with Gasteiger partial charge in [-0.3, -0.25) is 9.63 Å². The summed E-state index contributed by atoms with van der Waals surface area (Å²) < 4.78 is 9.81. The summed E-state index contributed by atoms with van der Waals surface area (Å²) in [7, 11) is 0. The molecule has 7 nitrogen and oxygen atoms in total. The third-order valence-corrected chi connectivity index (χ3v) is 2.61. The molecule has 0 saturated heterocycles.